The third kappa shape index (κ3) is 1.82. The first-order valence-corrected chi connectivity index (χ1v) is 7.29. The minimum absolute atomic E-state index is 0.0379. The summed E-state index contributed by atoms with van der Waals surface area (Å²) < 4.78 is 6.37. The molecular weight excluding hydrogens is 254 g/mol. The summed E-state index contributed by atoms with van der Waals surface area (Å²) in [5.41, 5.74) is 6.94. The first-order valence-electron chi connectivity index (χ1n) is 7.29. The Hall–Kier alpha value is -1.26. The van der Waals surface area contributed by atoms with Crippen LogP contribution in [0.5, 0.6) is 11.5 Å². The molecule has 0 amide bonds. The van der Waals surface area contributed by atoms with Gasteiger partial charge in [0.05, 0.1) is 13.2 Å². The number of hydrogen-bond donors (Lipinski definition) is 2. The first kappa shape index (κ1) is 13.7. The summed E-state index contributed by atoms with van der Waals surface area (Å²) in [5.74, 6) is 1.32. The van der Waals surface area contributed by atoms with Crippen molar-refractivity contribution in [3.8, 4) is 11.5 Å². The summed E-state index contributed by atoms with van der Waals surface area (Å²) in [6.07, 6.45) is 4.33. The zero-order chi connectivity index (χ0) is 14.5. The molecule has 0 aromatic heterocycles. The summed E-state index contributed by atoms with van der Waals surface area (Å²) in [5, 5.41) is 10.3. The van der Waals surface area contributed by atoms with Gasteiger partial charge in [-0.15, -0.1) is 0 Å². The Kier molecular flexibility index (Phi) is 3.18. The summed E-state index contributed by atoms with van der Waals surface area (Å²) in [4.78, 5) is 5.18. The van der Waals surface area contributed by atoms with E-state index in [1.807, 2.05) is 20.8 Å². The third-order valence-electron chi connectivity index (χ3n) is 5.03. The maximum atomic E-state index is 10.3. The van der Waals surface area contributed by atoms with E-state index in [1.165, 1.54) is 6.42 Å². The SMILES string of the molecule is CONC1CC2(CCC2)Oc2c(C)c(C)c(O)c(C)c21. The van der Waals surface area contributed by atoms with Crippen LogP contribution in [0.4, 0.5) is 0 Å². The summed E-state index contributed by atoms with van der Waals surface area (Å²) in [7, 11) is 1.64. The second kappa shape index (κ2) is 4.64. The van der Waals surface area contributed by atoms with Gasteiger partial charge < -0.3 is 14.7 Å². The summed E-state index contributed by atoms with van der Waals surface area (Å²) in [6.45, 7) is 5.92. The average Bonchev–Trinajstić information content (AvgIpc) is 2.40. The fraction of sp³-hybridized carbons (Fsp3) is 0.625. The summed E-state index contributed by atoms with van der Waals surface area (Å²) in [6, 6.07) is 0.0780. The molecule has 1 fully saturated rings. The lowest BCUT2D eigenvalue weighted by Gasteiger charge is -2.48. The standard InChI is InChI=1S/C16H23NO3/c1-9-10(2)15-13(11(3)14(9)18)12(17-19-4)8-16(20-15)6-5-7-16/h12,17-18H,5-8H2,1-4H3. The number of ether oxygens (including phenoxy) is 1. The fourth-order valence-corrected chi connectivity index (χ4v) is 3.53. The molecule has 0 bridgehead atoms. The lowest BCUT2D eigenvalue weighted by molar-refractivity contribution is -0.0606. The molecule has 1 heterocycles. The van der Waals surface area contributed by atoms with E-state index in [9.17, 15) is 5.11 Å². The topological polar surface area (TPSA) is 50.7 Å². The predicted molar refractivity (Wildman–Crippen MR) is 77.0 cm³/mol. The molecule has 2 aliphatic rings. The average molecular weight is 277 g/mol. The van der Waals surface area contributed by atoms with Crippen LogP contribution in [-0.2, 0) is 4.84 Å². The molecule has 0 radical (unpaired) electrons. The van der Waals surface area contributed by atoms with Crippen molar-refractivity contribution in [2.75, 3.05) is 7.11 Å². The van der Waals surface area contributed by atoms with Crippen LogP contribution in [-0.4, -0.2) is 17.8 Å². The van der Waals surface area contributed by atoms with E-state index >= 15 is 0 Å². The molecule has 1 spiro atoms. The van der Waals surface area contributed by atoms with E-state index in [1.54, 1.807) is 7.11 Å². The maximum Gasteiger partial charge on any atom is 0.128 e. The Labute approximate surface area is 120 Å². The molecule has 20 heavy (non-hydrogen) atoms. The number of rotatable bonds is 2. The van der Waals surface area contributed by atoms with Gasteiger partial charge in [0.25, 0.3) is 0 Å². The minimum atomic E-state index is -0.0379. The van der Waals surface area contributed by atoms with Crippen LogP contribution in [0.3, 0.4) is 0 Å². The van der Waals surface area contributed by atoms with Gasteiger partial charge in [0.2, 0.25) is 0 Å². The Balaban J connectivity index is 2.15. The van der Waals surface area contributed by atoms with Gasteiger partial charge in [0.15, 0.2) is 0 Å². The highest BCUT2D eigenvalue weighted by Gasteiger charge is 2.47. The number of nitrogens with one attached hydrogen (secondary N) is 1. The first-order chi connectivity index (χ1) is 9.49. The number of hydrogen-bond acceptors (Lipinski definition) is 4. The largest absolute Gasteiger partial charge is 0.507 e. The number of phenolic OH excluding ortho intramolecular Hbond substituents is 1. The van der Waals surface area contributed by atoms with Gasteiger partial charge in [-0.3, -0.25) is 0 Å². The maximum absolute atomic E-state index is 10.3. The van der Waals surface area contributed by atoms with Crippen LogP contribution in [0.15, 0.2) is 0 Å². The Bertz CT molecular complexity index is 549. The van der Waals surface area contributed by atoms with Crippen molar-refractivity contribution < 1.29 is 14.7 Å². The van der Waals surface area contributed by atoms with Gasteiger partial charge in [-0.2, -0.15) is 5.48 Å². The molecule has 0 saturated heterocycles. The fourth-order valence-electron chi connectivity index (χ4n) is 3.53. The van der Waals surface area contributed by atoms with Crippen molar-refractivity contribution in [2.24, 2.45) is 0 Å². The van der Waals surface area contributed by atoms with E-state index in [2.05, 4.69) is 5.48 Å². The molecule has 4 heteroatoms. The van der Waals surface area contributed by atoms with Crippen molar-refractivity contribution in [1.82, 2.24) is 5.48 Å². The lowest BCUT2D eigenvalue weighted by Crippen LogP contribution is -2.49. The molecule has 3 rings (SSSR count). The van der Waals surface area contributed by atoms with E-state index in [0.29, 0.717) is 5.75 Å². The predicted octanol–water partition coefficient (Wildman–Crippen LogP) is 3.21. The van der Waals surface area contributed by atoms with Crippen LogP contribution in [0.2, 0.25) is 0 Å². The van der Waals surface area contributed by atoms with Crippen molar-refractivity contribution >= 4 is 0 Å². The molecular formula is C16H23NO3. The van der Waals surface area contributed by atoms with Crippen LogP contribution in [0, 0.1) is 20.8 Å². The van der Waals surface area contributed by atoms with Crippen molar-refractivity contribution in [2.45, 2.75) is 58.1 Å². The Morgan fingerprint density at radius 1 is 1.20 bits per heavy atom. The quantitative estimate of drug-likeness (QED) is 0.815. The molecule has 1 aromatic carbocycles. The van der Waals surface area contributed by atoms with Gasteiger partial charge in [-0.25, -0.2) is 0 Å². The van der Waals surface area contributed by atoms with Gasteiger partial charge in [0.1, 0.15) is 17.1 Å². The molecule has 1 aliphatic heterocycles. The van der Waals surface area contributed by atoms with Crippen LogP contribution in [0.25, 0.3) is 0 Å². The molecule has 1 saturated carbocycles. The molecule has 1 atom stereocenters. The molecule has 2 N–H and O–H groups in total. The molecule has 4 nitrogen and oxygen atoms in total. The number of fused-ring (bicyclic) bond motifs is 1. The normalized spacial score (nSPS) is 23.1. The van der Waals surface area contributed by atoms with Crippen LogP contribution in [0.1, 0.15) is 54.0 Å². The van der Waals surface area contributed by atoms with Crippen LogP contribution >= 0.6 is 0 Å². The zero-order valence-corrected chi connectivity index (χ0v) is 12.7. The second-order valence-corrected chi connectivity index (χ2v) is 6.18. The molecule has 1 aromatic rings. The van der Waals surface area contributed by atoms with Gasteiger partial charge in [-0.05, 0) is 56.7 Å². The van der Waals surface area contributed by atoms with Crippen molar-refractivity contribution in [3.05, 3.63) is 22.3 Å². The van der Waals surface area contributed by atoms with Crippen molar-refractivity contribution in [1.29, 1.82) is 0 Å². The van der Waals surface area contributed by atoms with E-state index in [-0.39, 0.29) is 11.6 Å². The third-order valence-corrected chi connectivity index (χ3v) is 5.03. The molecule has 1 aliphatic carbocycles. The van der Waals surface area contributed by atoms with Crippen LogP contribution < -0.4 is 10.2 Å². The van der Waals surface area contributed by atoms with E-state index < -0.39 is 0 Å². The van der Waals surface area contributed by atoms with Crippen molar-refractivity contribution in [3.63, 3.8) is 0 Å². The molecule has 110 valence electrons. The summed E-state index contributed by atoms with van der Waals surface area (Å²) >= 11 is 0. The highest BCUT2D eigenvalue weighted by atomic mass is 16.6. The zero-order valence-electron chi connectivity index (χ0n) is 12.7. The number of benzene rings is 1. The second-order valence-electron chi connectivity index (χ2n) is 6.18. The molecule has 1 unspecified atom stereocenters. The highest BCUT2D eigenvalue weighted by Crippen LogP contribution is 2.52. The van der Waals surface area contributed by atoms with E-state index in [4.69, 9.17) is 9.57 Å². The Morgan fingerprint density at radius 3 is 2.45 bits per heavy atom. The number of phenols is 1. The van der Waals surface area contributed by atoms with E-state index in [0.717, 1.165) is 47.3 Å². The lowest BCUT2D eigenvalue weighted by atomic mass is 9.72. The monoisotopic (exact) mass is 277 g/mol. The highest BCUT2D eigenvalue weighted by molar-refractivity contribution is 5.59. The smallest absolute Gasteiger partial charge is 0.128 e. The number of aromatic hydroxyl groups is 1. The van der Waals surface area contributed by atoms with Gasteiger partial charge >= 0.3 is 0 Å². The van der Waals surface area contributed by atoms with Gasteiger partial charge in [0, 0.05) is 12.0 Å². The number of hydroxylamine groups is 1. The minimum Gasteiger partial charge on any atom is -0.507 e. The van der Waals surface area contributed by atoms with Gasteiger partial charge in [-0.1, -0.05) is 0 Å². The Morgan fingerprint density at radius 2 is 1.90 bits per heavy atom.